The van der Waals surface area contributed by atoms with Crippen molar-refractivity contribution in [2.45, 2.75) is 28.6 Å². The van der Waals surface area contributed by atoms with Gasteiger partial charge in [-0.2, -0.15) is 0 Å². The zero-order valence-electron chi connectivity index (χ0n) is 10.7. The Morgan fingerprint density at radius 3 is 2.50 bits per heavy atom. The van der Waals surface area contributed by atoms with Gasteiger partial charge < -0.3 is 20.1 Å². The molecule has 3 rings (SSSR count). The van der Waals surface area contributed by atoms with E-state index in [-0.39, 0.29) is 6.61 Å². The van der Waals surface area contributed by atoms with Crippen LogP contribution in [0.2, 0.25) is 0 Å². The highest BCUT2D eigenvalue weighted by molar-refractivity contribution is 7.99. The first-order valence-corrected chi connectivity index (χ1v) is 7.34. The van der Waals surface area contributed by atoms with Gasteiger partial charge in [-0.1, -0.05) is 42.1 Å². The lowest BCUT2D eigenvalue weighted by Crippen LogP contribution is -2.51. The number of ether oxygens (including phenoxy) is 1. The van der Waals surface area contributed by atoms with Crippen molar-refractivity contribution >= 4 is 22.5 Å². The van der Waals surface area contributed by atoms with Gasteiger partial charge in [-0.15, -0.1) is 0 Å². The van der Waals surface area contributed by atoms with Gasteiger partial charge in [0.05, 0.1) is 6.61 Å². The highest BCUT2D eigenvalue weighted by atomic mass is 32.2. The average molecular weight is 292 g/mol. The Bertz CT molecular complexity index is 603. The van der Waals surface area contributed by atoms with Crippen molar-refractivity contribution in [2.24, 2.45) is 0 Å². The molecular formula is C15H16O4S. The third-order valence-corrected chi connectivity index (χ3v) is 4.60. The van der Waals surface area contributed by atoms with Crippen molar-refractivity contribution in [3.8, 4) is 0 Å². The van der Waals surface area contributed by atoms with Gasteiger partial charge in [0.1, 0.15) is 23.7 Å². The van der Waals surface area contributed by atoms with Crippen molar-refractivity contribution < 1.29 is 20.1 Å². The first kappa shape index (κ1) is 13.9. The smallest absolute Gasteiger partial charge is 0.136 e. The number of thioether (sulfide) groups is 1. The molecule has 20 heavy (non-hydrogen) atoms. The molecule has 0 radical (unpaired) electrons. The maximum Gasteiger partial charge on any atom is 0.136 e. The molecule has 4 nitrogen and oxygen atoms in total. The molecule has 4 atom stereocenters. The highest BCUT2D eigenvalue weighted by Gasteiger charge is 2.37. The van der Waals surface area contributed by atoms with Crippen LogP contribution < -0.4 is 0 Å². The van der Waals surface area contributed by atoms with Gasteiger partial charge in [0, 0.05) is 4.90 Å². The Morgan fingerprint density at radius 2 is 1.70 bits per heavy atom. The minimum absolute atomic E-state index is 0.0312. The van der Waals surface area contributed by atoms with Crippen molar-refractivity contribution in [1.82, 2.24) is 0 Å². The van der Waals surface area contributed by atoms with Gasteiger partial charge in [-0.25, -0.2) is 0 Å². The number of fused-ring (bicyclic) bond motifs is 1. The molecule has 0 aliphatic carbocycles. The van der Waals surface area contributed by atoms with Crippen molar-refractivity contribution in [1.29, 1.82) is 0 Å². The van der Waals surface area contributed by atoms with Crippen molar-refractivity contribution in [3.05, 3.63) is 42.5 Å². The van der Waals surface area contributed by atoms with E-state index in [1.54, 1.807) is 0 Å². The van der Waals surface area contributed by atoms with Gasteiger partial charge in [-0.3, -0.25) is 0 Å². The second-order valence-electron chi connectivity index (χ2n) is 4.88. The van der Waals surface area contributed by atoms with E-state index in [0.29, 0.717) is 0 Å². The minimum atomic E-state index is -1.17. The van der Waals surface area contributed by atoms with Crippen LogP contribution in [-0.4, -0.2) is 45.7 Å². The van der Waals surface area contributed by atoms with Crippen LogP contribution in [0.1, 0.15) is 0 Å². The summed E-state index contributed by atoms with van der Waals surface area (Å²) >= 11 is 1.35. The van der Waals surface area contributed by atoms with E-state index >= 15 is 0 Å². The number of rotatable bonds is 2. The maximum atomic E-state index is 9.93. The van der Waals surface area contributed by atoms with E-state index in [4.69, 9.17) is 4.74 Å². The standard InChI is InChI=1S/C15H16O4S/c16-12-8-19-15(14(18)13(12)17)20-11-6-5-9-3-1-2-4-10(9)7-11/h1-7,12-18H,8H2. The Labute approximate surface area is 121 Å². The second-order valence-corrected chi connectivity index (χ2v) is 6.05. The maximum absolute atomic E-state index is 9.93. The lowest BCUT2D eigenvalue weighted by molar-refractivity contribution is -0.161. The summed E-state index contributed by atoms with van der Waals surface area (Å²) in [6, 6.07) is 14.0. The number of aliphatic hydroxyl groups is 3. The third kappa shape index (κ3) is 2.68. The van der Waals surface area contributed by atoms with Gasteiger partial charge in [-0.05, 0) is 22.9 Å². The van der Waals surface area contributed by atoms with E-state index in [2.05, 4.69) is 0 Å². The Balaban J connectivity index is 1.79. The molecule has 0 spiro atoms. The fourth-order valence-corrected chi connectivity index (χ4v) is 3.31. The lowest BCUT2D eigenvalue weighted by Gasteiger charge is -2.34. The summed E-state index contributed by atoms with van der Waals surface area (Å²) in [5.74, 6) is 0. The topological polar surface area (TPSA) is 69.9 Å². The first-order valence-electron chi connectivity index (χ1n) is 6.46. The number of hydrogen-bond acceptors (Lipinski definition) is 5. The summed E-state index contributed by atoms with van der Waals surface area (Å²) in [7, 11) is 0. The summed E-state index contributed by atoms with van der Waals surface area (Å²) < 4.78 is 5.39. The van der Waals surface area contributed by atoms with E-state index in [0.717, 1.165) is 15.7 Å². The largest absolute Gasteiger partial charge is 0.388 e. The molecule has 0 bridgehead atoms. The van der Waals surface area contributed by atoms with E-state index in [1.165, 1.54) is 11.8 Å². The summed E-state index contributed by atoms with van der Waals surface area (Å²) in [5, 5.41) is 31.3. The zero-order valence-corrected chi connectivity index (χ0v) is 11.5. The van der Waals surface area contributed by atoms with Gasteiger partial charge >= 0.3 is 0 Å². The van der Waals surface area contributed by atoms with Crippen LogP contribution in [0.25, 0.3) is 10.8 Å². The fraction of sp³-hybridized carbons (Fsp3) is 0.333. The minimum Gasteiger partial charge on any atom is -0.388 e. The van der Waals surface area contributed by atoms with Gasteiger partial charge in [0.2, 0.25) is 0 Å². The molecule has 1 saturated heterocycles. The first-order chi connectivity index (χ1) is 9.65. The van der Waals surface area contributed by atoms with Crippen LogP contribution in [0.5, 0.6) is 0 Å². The molecule has 1 fully saturated rings. The van der Waals surface area contributed by atoms with Crippen LogP contribution in [0, 0.1) is 0 Å². The van der Waals surface area contributed by atoms with Crippen LogP contribution in [0.4, 0.5) is 0 Å². The zero-order chi connectivity index (χ0) is 14.1. The van der Waals surface area contributed by atoms with Gasteiger partial charge in [0.25, 0.3) is 0 Å². The molecule has 1 aliphatic heterocycles. The predicted octanol–water partition coefficient (Wildman–Crippen LogP) is 1.37. The van der Waals surface area contributed by atoms with Crippen molar-refractivity contribution in [3.63, 3.8) is 0 Å². The number of hydrogen-bond donors (Lipinski definition) is 3. The van der Waals surface area contributed by atoms with Crippen molar-refractivity contribution in [2.75, 3.05) is 6.61 Å². The molecule has 5 heteroatoms. The molecule has 2 aromatic carbocycles. The monoisotopic (exact) mass is 292 g/mol. The highest BCUT2D eigenvalue weighted by Crippen LogP contribution is 2.32. The molecular weight excluding hydrogens is 276 g/mol. The summed E-state index contributed by atoms with van der Waals surface area (Å²) in [4.78, 5) is 0.955. The van der Waals surface area contributed by atoms with Gasteiger partial charge in [0.15, 0.2) is 0 Å². The van der Waals surface area contributed by atoms with E-state index < -0.39 is 23.7 Å². The molecule has 0 aromatic heterocycles. The summed E-state index contributed by atoms with van der Waals surface area (Å²) in [6.07, 6.45) is -3.30. The van der Waals surface area contributed by atoms with Crippen LogP contribution in [0.3, 0.4) is 0 Å². The van der Waals surface area contributed by atoms with Crippen LogP contribution in [0.15, 0.2) is 47.4 Å². The Morgan fingerprint density at radius 1 is 0.950 bits per heavy atom. The average Bonchev–Trinajstić information content (AvgIpc) is 2.48. The quantitative estimate of drug-likeness (QED) is 0.780. The molecule has 106 valence electrons. The molecule has 2 aromatic rings. The number of aliphatic hydroxyl groups excluding tert-OH is 3. The normalized spacial score (nSPS) is 30.6. The summed E-state index contributed by atoms with van der Waals surface area (Å²) in [6.45, 7) is 0.0312. The Hall–Kier alpha value is -1.11. The molecule has 0 saturated carbocycles. The fourth-order valence-electron chi connectivity index (χ4n) is 2.26. The van der Waals surface area contributed by atoms with Crippen LogP contribution >= 0.6 is 11.8 Å². The third-order valence-electron chi connectivity index (χ3n) is 3.43. The molecule has 0 amide bonds. The lowest BCUT2D eigenvalue weighted by atomic mass is 10.1. The molecule has 4 unspecified atom stereocenters. The SMILES string of the molecule is OC1COC(Sc2ccc3ccccc3c2)C(O)C1O. The summed E-state index contributed by atoms with van der Waals surface area (Å²) in [5.41, 5.74) is -0.574. The second kappa shape index (κ2) is 5.71. The van der Waals surface area contributed by atoms with E-state index in [1.807, 2.05) is 42.5 Å². The number of benzene rings is 2. The molecule has 3 N–H and O–H groups in total. The molecule has 1 heterocycles. The van der Waals surface area contributed by atoms with E-state index in [9.17, 15) is 15.3 Å². The van der Waals surface area contributed by atoms with Crippen LogP contribution in [-0.2, 0) is 4.74 Å². The predicted molar refractivity (Wildman–Crippen MR) is 77.6 cm³/mol. The Kier molecular flexibility index (Phi) is 3.96. The molecule has 1 aliphatic rings.